The summed E-state index contributed by atoms with van der Waals surface area (Å²) in [6.07, 6.45) is -0.909. The molecule has 0 spiro atoms. The van der Waals surface area contributed by atoms with Crippen LogP contribution in [0.4, 0.5) is 18.9 Å². The molecule has 1 N–H and O–H groups in total. The molecule has 7 heteroatoms. The van der Waals surface area contributed by atoms with Gasteiger partial charge in [0, 0.05) is 49.9 Å². The van der Waals surface area contributed by atoms with E-state index in [2.05, 4.69) is 24.1 Å². The Balaban J connectivity index is 1.45. The Morgan fingerprint density at radius 1 is 1.00 bits per heavy atom. The van der Waals surface area contributed by atoms with Crippen LogP contribution in [0, 0.1) is 5.92 Å². The Labute approximate surface area is 165 Å². The fourth-order valence-electron chi connectivity index (χ4n) is 4.19. The molecule has 0 bridgehead atoms. The maximum atomic E-state index is 12.8. The van der Waals surface area contributed by atoms with E-state index < -0.39 is 11.7 Å². The van der Waals surface area contributed by atoms with Crippen LogP contribution in [-0.4, -0.2) is 54.0 Å². The SMILES string of the molecule is CC(C)N1CCN(C(=O)C2CCC(Nc3ccc(C(F)(F)F)cc3)CC2)CC1. The number of nitrogens with zero attached hydrogens (tertiary/aromatic N) is 2. The Bertz CT molecular complexity index is 644. The molecule has 1 saturated heterocycles. The molecule has 1 amide bonds. The number of piperazine rings is 1. The van der Waals surface area contributed by atoms with Crippen molar-refractivity contribution in [3.05, 3.63) is 29.8 Å². The molecule has 156 valence electrons. The van der Waals surface area contributed by atoms with Gasteiger partial charge in [-0.2, -0.15) is 13.2 Å². The van der Waals surface area contributed by atoms with Gasteiger partial charge in [0.05, 0.1) is 5.56 Å². The molecule has 3 rings (SSSR count). The molecule has 0 unspecified atom stereocenters. The molecule has 0 atom stereocenters. The number of nitrogens with one attached hydrogen (secondary N) is 1. The summed E-state index contributed by atoms with van der Waals surface area (Å²) in [6.45, 7) is 7.86. The van der Waals surface area contributed by atoms with Crippen LogP contribution in [0.5, 0.6) is 0 Å². The van der Waals surface area contributed by atoms with E-state index in [4.69, 9.17) is 0 Å². The molecule has 1 aliphatic carbocycles. The van der Waals surface area contributed by atoms with Crippen molar-refractivity contribution in [2.24, 2.45) is 5.92 Å². The van der Waals surface area contributed by atoms with Crippen LogP contribution in [0.1, 0.15) is 45.1 Å². The van der Waals surface area contributed by atoms with Crippen molar-refractivity contribution in [3.63, 3.8) is 0 Å². The number of rotatable bonds is 4. The zero-order valence-corrected chi connectivity index (χ0v) is 16.6. The number of carbonyl (C=O) groups is 1. The van der Waals surface area contributed by atoms with Gasteiger partial charge in [0.25, 0.3) is 0 Å². The Kier molecular flexibility index (Phi) is 6.53. The van der Waals surface area contributed by atoms with Crippen molar-refractivity contribution < 1.29 is 18.0 Å². The lowest BCUT2D eigenvalue weighted by Gasteiger charge is -2.39. The monoisotopic (exact) mass is 397 g/mol. The van der Waals surface area contributed by atoms with Crippen LogP contribution in [-0.2, 0) is 11.0 Å². The highest BCUT2D eigenvalue weighted by Crippen LogP contribution is 2.31. The van der Waals surface area contributed by atoms with Crippen molar-refractivity contribution in [3.8, 4) is 0 Å². The third-order valence-corrected chi connectivity index (χ3v) is 6.02. The zero-order chi connectivity index (χ0) is 20.3. The lowest BCUT2D eigenvalue weighted by molar-refractivity contribution is -0.139. The first-order chi connectivity index (χ1) is 13.2. The Morgan fingerprint density at radius 2 is 1.57 bits per heavy atom. The van der Waals surface area contributed by atoms with Gasteiger partial charge in [0.1, 0.15) is 0 Å². The number of anilines is 1. The molecular weight excluding hydrogens is 367 g/mol. The van der Waals surface area contributed by atoms with E-state index in [-0.39, 0.29) is 17.9 Å². The summed E-state index contributed by atoms with van der Waals surface area (Å²) in [6, 6.07) is 5.90. The second-order valence-corrected chi connectivity index (χ2v) is 8.22. The van der Waals surface area contributed by atoms with Gasteiger partial charge in [-0.1, -0.05) is 0 Å². The maximum Gasteiger partial charge on any atom is 0.416 e. The number of hydrogen-bond acceptors (Lipinski definition) is 3. The van der Waals surface area contributed by atoms with E-state index in [0.717, 1.165) is 64.0 Å². The number of carbonyl (C=O) groups excluding carboxylic acids is 1. The third-order valence-electron chi connectivity index (χ3n) is 6.02. The van der Waals surface area contributed by atoms with E-state index in [1.54, 1.807) is 0 Å². The van der Waals surface area contributed by atoms with Crippen molar-refractivity contribution in [2.75, 3.05) is 31.5 Å². The van der Waals surface area contributed by atoms with Gasteiger partial charge in [0.15, 0.2) is 0 Å². The number of amides is 1. The first-order valence-corrected chi connectivity index (χ1v) is 10.2. The van der Waals surface area contributed by atoms with Gasteiger partial charge in [-0.15, -0.1) is 0 Å². The fourth-order valence-corrected chi connectivity index (χ4v) is 4.19. The average molecular weight is 397 g/mol. The summed E-state index contributed by atoms with van der Waals surface area (Å²) in [5.74, 6) is 0.354. The standard InChI is InChI=1S/C21H30F3N3O/c1-15(2)26-11-13-27(14-12-26)20(28)16-3-7-18(8-4-16)25-19-9-5-17(6-10-19)21(22,23)24/h5-6,9-10,15-16,18,25H,3-4,7-8,11-14H2,1-2H3. The molecule has 0 aromatic heterocycles. The minimum Gasteiger partial charge on any atom is -0.382 e. The first-order valence-electron chi connectivity index (χ1n) is 10.2. The molecule has 2 fully saturated rings. The summed E-state index contributed by atoms with van der Waals surface area (Å²) in [5.41, 5.74) is 0.0671. The quantitative estimate of drug-likeness (QED) is 0.826. The van der Waals surface area contributed by atoms with Crippen molar-refractivity contribution in [1.82, 2.24) is 9.80 Å². The Hall–Kier alpha value is -1.76. The fraction of sp³-hybridized carbons (Fsp3) is 0.667. The maximum absolute atomic E-state index is 12.8. The molecule has 1 heterocycles. The van der Waals surface area contributed by atoms with E-state index in [0.29, 0.717) is 11.7 Å². The molecule has 1 aromatic rings. The van der Waals surface area contributed by atoms with Crippen LogP contribution in [0.2, 0.25) is 0 Å². The molecule has 0 radical (unpaired) electrons. The summed E-state index contributed by atoms with van der Waals surface area (Å²) in [7, 11) is 0. The van der Waals surface area contributed by atoms with Crippen LogP contribution < -0.4 is 5.32 Å². The lowest BCUT2D eigenvalue weighted by atomic mass is 9.85. The highest BCUT2D eigenvalue weighted by Gasteiger charge is 2.32. The van der Waals surface area contributed by atoms with Crippen molar-refractivity contribution in [2.45, 2.75) is 57.8 Å². The van der Waals surface area contributed by atoms with Crippen molar-refractivity contribution in [1.29, 1.82) is 0 Å². The van der Waals surface area contributed by atoms with Crippen LogP contribution >= 0.6 is 0 Å². The summed E-state index contributed by atoms with van der Waals surface area (Å²) < 4.78 is 38.0. The van der Waals surface area contributed by atoms with Gasteiger partial charge < -0.3 is 10.2 Å². The molecular formula is C21H30F3N3O. The summed E-state index contributed by atoms with van der Waals surface area (Å²) in [4.78, 5) is 17.2. The van der Waals surface area contributed by atoms with E-state index >= 15 is 0 Å². The molecule has 1 aliphatic heterocycles. The number of hydrogen-bond donors (Lipinski definition) is 1. The minimum absolute atomic E-state index is 0.0799. The molecule has 1 aromatic carbocycles. The van der Waals surface area contributed by atoms with Crippen LogP contribution in [0.3, 0.4) is 0 Å². The predicted octanol–water partition coefficient (Wildman–Crippen LogP) is 4.23. The lowest BCUT2D eigenvalue weighted by Crippen LogP contribution is -2.52. The van der Waals surface area contributed by atoms with Gasteiger partial charge in [0.2, 0.25) is 5.91 Å². The average Bonchev–Trinajstić information content (AvgIpc) is 2.68. The normalized spacial score (nSPS) is 24.4. The number of alkyl halides is 3. The zero-order valence-electron chi connectivity index (χ0n) is 16.6. The second kappa shape index (κ2) is 8.72. The largest absolute Gasteiger partial charge is 0.416 e. The topological polar surface area (TPSA) is 35.6 Å². The number of halogens is 3. The van der Waals surface area contributed by atoms with Gasteiger partial charge in [-0.3, -0.25) is 9.69 Å². The second-order valence-electron chi connectivity index (χ2n) is 8.22. The van der Waals surface area contributed by atoms with Gasteiger partial charge in [-0.05, 0) is 63.8 Å². The third kappa shape index (κ3) is 5.19. The molecule has 1 saturated carbocycles. The summed E-state index contributed by atoms with van der Waals surface area (Å²) >= 11 is 0. The first kappa shape index (κ1) is 21.0. The van der Waals surface area contributed by atoms with Gasteiger partial charge >= 0.3 is 6.18 Å². The number of benzene rings is 1. The highest BCUT2D eigenvalue weighted by atomic mass is 19.4. The molecule has 4 nitrogen and oxygen atoms in total. The Morgan fingerprint density at radius 3 is 2.07 bits per heavy atom. The van der Waals surface area contributed by atoms with E-state index in [9.17, 15) is 18.0 Å². The minimum atomic E-state index is -4.31. The van der Waals surface area contributed by atoms with E-state index in [1.807, 2.05) is 4.90 Å². The van der Waals surface area contributed by atoms with E-state index in [1.165, 1.54) is 12.1 Å². The van der Waals surface area contributed by atoms with Crippen LogP contribution in [0.15, 0.2) is 24.3 Å². The van der Waals surface area contributed by atoms with Gasteiger partial charge in [-0.25, -0.2) is 0 Å². The molecule has 2 aliphatic rings. The summed E-state index contributed by atoms with van der Waals surface area (Å²) in [5, 5.41) is 3.32. The smallest absolute Gasteiger partial charge is 0.382 e. The highest BCUT2D eigenvalue weighted by molar-refractivity contribution is 5.79. The van der Waals surface area contributed by atoms with Crippen molar-refractivity contribution >= 4 is 11.6 Å². The van der Waals surface area contributed by atoms with Crippen LogP contribution in [0.25, 0.3) is 0 Å². The predicted molar refractivity (Wildman–Crippen MR) is 104 cm³/mol. The molecule has 28 heavy (non-hydrogen) atoms.